The molecule has 2 aliphatic rings. The van der Waals surface area contributed by atoms with Gasteiger partial charge in [-0.3, -0.25) is 4.79 Å². The predicted octanol–water partition coefficient (Wildman–Crippen LogP) is 3.52. The Balaban J connectivity index is 1.64. The SMILES string of the molecule is CCOc1cc(C#N)ccc1OCC(=O)N1CCCC2CCCCC21. The fraction of sp³-hybridized carbons (Fsp3) is 0.600. The van der Waals surface area contributed by atoms with Crippen LogP contribution in [0.15, 0.2) is 18.2 Å². The lowest BCUT2D eigenvalue weighted by atomic mass is 9.78. The molecule has 0 radical (unpaired) electrons. The van der Waals surface area contributed by atoms with E-state index in [0.717, 1.165) is 19.4 Å². The van der Waals surface area contributed by atoms with Gasteiger partial charge in [0.05, 0.1) is 18.2 Å². The molecule has 1 aromatic rings. The third-order valence-electron chi connectivity index (χ3n) is 5.29. The summed E-state index contributed by atoms with van der Waals surface area (Å²) in [6, 6.07) is 7.52. The van der Waals surface area contributed by atoms with E-state index in [0.29, 0.717) is 35.6 Å². The number of carbonyl (C=O) groups excluding carboxylic acids is 1. The van der Waals surface area contributed by atoms with Gasteiger partial charge in [0.2, 0.25) is 0 Å². The fourth-order valence-corrected chi connectivity index (χ4v) is 4.12. The van der Waals surface area contributed by atoms with Crippen molar-refractivity contribution in [2.45, 2.75) is 51.5 Å². The largest absolute Gasteiger partial charge is 0.490 e. The number of hydrogen-bond donors (Lipinski definition) is 0. The van der Waals surface area contributed by atoms with Gasteiger partial charge in [-0.25, -0.2) is 0 Å². The monoisotopic (exact) mass is 342 g/mol. The minimum atomic E-state index is 0.0230. The lowest BCUT2D eigenvalue weighted by Crippen LogP contribution is -2.51. The maximum Gasteiger partial charge on any atom is 0.260 e. The van der Waals surface area contributed by atoms with Crippen LogP contribution in [0.4, 0.5) is 0 Å². The summed E-state index contributed by atoms with van der Waals surface area (Å²) < 4.78 is 11.3. The van der Waals surface area contributed by atoms with Crippen LogP contribution in [0.1, 0.15) is 51.0 Å². The number of carbonyl (C=O) groups is 1. The van der Waals surface area contributed by atoms with Gasteiger partial charge in [-0.2, -0.15) is 5.26 Å². The molecule has 2 atom stereocenters. The Hall–Kier alpha value is -2.22. The van der Waals surface area contributed by atoms with Crippen LogP contribution < -0.4 is 9.47 Å². The molecular weight excluding hydrogens is 316 g/mol. The molecule has 134 valence electrons. The Bertz CT molecular complexity index is 651. The maximum absolute atomic E-state index is 12.7. The zero-order valence-corrected chi connectivity index (χ0v) is 14.9. The molecule has 25 heavy (non-hydrogen) atoms. The van der Waals surface area contributed by atoms with E-state index in [-0.39, 0.29) is 12.5 Å². The Morgan fingerprint density at radius 3 is 2.80 bits per heavy atom. The molecular formula is C20H26N2O3. The van der Waals surface area contributed by atoms with Crippen molar-refractivity contribution in [2.75, 3.05) is 19.8 Å². The molecule has 2 unspecified atom stereocenters. The maximum atomic E-state index is 12.7. The second-order valence-corrected chi connectivity index (χ2v) is 6.84. The molecule has 2 fully saturated rings. The number of piperidine rings is 1. The van der Waals surface area contributed by atoms with Crippen molar-refractivity contribution in [3.63, 3.8) is 0 Å². The zero-order chi connectivity index (χ0) is 17.6. The summed E-state index contributed by atoms with van der Waals surface area (Å²) in [5.41, 5.74) is 0.517. The van der Waals surface area contributed by atoms with Gasteiger partial charge in [-0.15, -0.1) is 0 Å². The van der Waals surface area contributed by atoms with Gasteiger partial charge in [0, 0.05) is 18.7 Å². The summed E-state index contributed by atoms with van der Waals surface area (Å²) >= 11 is 0. The number of benzene rings is 1. The summed E-state index contributed by atoms with van der Waals surface area (Å²) in [6.45, 7) is 3.23. The smallest absolute Gasteiger partial charge is 0.260 e. The predicted molar refractivity (Wildman–Crippen MR) is 94.5 cm³/mol. The third kappa shape index (κ3) is 4.07. The van der Waals surface area contributed by atoms with Gasteiger partial charge in [0.1, 0.15) is 0 Å². The van der Waals surface area contributed by atoms with Crippen molar-refractivity contribution in [3.8, 4) is 17.6 Å². The van der Waals surface area contributed by atoms with Crippen LogP contribution in [0, 0.1) is 17.2 Å². The molecule has 1 heterocycles. The zero-order valence-electron chi connectivity index (χ0n) is 14.9. The first-order valence-corrected chi connectivity index (χ1v) is 9.32. The van der Waals surface area contributed by atoms with Crippen molar-refractivity contribution in [1.82, 2.24) is 4.90 Å². The number of rotatable bonds is 5. The summed E-state index contributed by atoms with van der Waals surface area (Å²) in [5, 5.41) is 9.01. The van der Waals surface area contributed by atoms with E-state index in [1.54, 1.807) is 18.2 Å². The van der Waals surface area contributed by atoms with Gasteiger partial charge in [0.25, 0.3) is 5.91 Å². The molecule has 0 aromatic heterocycles. The van der Waals surface area contributed by atoms with Crippen LogP contribution in [0.5, 0.6) is 11.5 Å². The standard InChI is InChI=1S/C20H26N2O3/c1-2-24-19-12-15(13-21)9-10-18(19)25-14-20(23)22-11-5-7-16-6-3-4-8-17(16)22/h9-10,12,16-17H,2-8,11,14H2,1H3. The highest BCUT2D eigenvalue weighted by atomic mass is 16.5. The van der Waals surface area contributed by atoms with Crippen molar-refractivity contribution < 1.29 is 14.3 Å². The van der Waals surface area contributed by atoms with E-state index in [2.05, 4.69) is 6.07 Å². The Labute approximate surface area is 149 Å². The molecule has 1 aliphatic carbocycles. The van der Waals surface area contributed by atoms with E-state index in [9.17, 15) is 4.79 Å². The average molecular weight is 342 g/mol. The minimum absolute atomic E-state index is 0.0230. The van der Waals surface area contributed by atoms with Gasteiger partial charge in [-0.05, 0) is 50.7 Å². The van der Waals surface area contributed by atoms with Crippen LogP contribution >= 0.6 is 0 Å². The van der Waals surface area contributed by atoms with E-state index < -0.39 is 0 Å². The van der Waals surface area contributed by atoms with E-state index in [1.165, 1.54) is 25.7 Å². The minimum Gasteiger partial charge on any atom is -0.490 e. The van der Waals surface area contributed by atoms with Crippen LogP contribution in [0.2, 0.25) is 0 Å². The summed E-state index contributed by atoms with van der Waals surface area (Å²) in [5.74, 6) is 1.76. The molecule has 1 aliphatic heterocycles. The van der Waals surface area contributed by atoms with E-state index in [1.807, 2.05) is 11.8 Å². The number of ether oxygens (including phenoxy) is 2. The molecule has 3 rings (SSSR count). The Morgan fingerprint density at radius 1 is 1.20 bits per heavy atom. The van der Waals surface area contributed by atoms with Gasteiger partial charge < -0.3 is 14.4 Å². The average Bonchev–Trinajstić information content (AvgIpc) is 2.66. The van der Waals surface area contributed by atoms with Crippen molar-refractivity contribution in [1.29, 1.82) is 5.26 Å². The lowest BCUT2D eigenvalue weighted by molar-refractivity contribution is -0.139. The first kappa shape index (κ1) is 17.6. The fourth-order valence-electron chi connectivity index (χ4n) is 4.12. The van der Waals surface area contributed by atoms with E-state index in [4.69, 9.17) is 14.7 Å². The van der Waals surface area contributed by atoms with Crippen molar-refractivity contribution >= 4 is 5.91 Å². The van der Waals surface area contributed by atoms with E-state index >= 15 is 0 Å². The number of nitriles is 1. The highest BCUT2D eigenvalue weighted by molar-refractivity contribution is 5.78. The number of nitrogens with zero attached hydrogens (tertiary/aromatic N) is 2. The Kier molecular flexibility index (Phi) is 5.80. The molecule has 5 heteroatoms. The highest BCUT2D eigenvalue weighted by Crippen LogP contribution is 2.35. The molecule has 5 nitrogen and oxygen atoms in total. The first-order chi connectivity index (χ1) is 12.2. The molecule has 1 aromatic carbocycles. The normalized spacial score (nSPS) is 22.6. The van der Waals surface area contributed by atoms with Gasteiger partial charge in [-0.1, -0.05) is 12.8 Å². The number of fused-ring (bicyclic) bond motifs is 1. The van der Waals surface area contributed by atoms with Crippen LogP contribution in [0.25, 0.3) is 0 Å². The van der Waals surface area contributed by atoms with Crippen molar-refractivity contribution in [3.05, 3.63) is 23.8 Å². The summed E-state index contributed by atoms with van der Waals surface area (Å²) in [6.07, 6.45) is 7.23. The van der Waals surface area contributed by atoms with Crippen LogP contribution in [-0.2, 0) is 4.79 Å². The van der Waals surface area contributed by atoms with Crippen LogP contribution in [0.3, 0.4) is 0 Å². The Morgan fingerprint density at radius 2 is 2.00 bits per heavy atom. The van der Waals surface area contributed by atoms with Gasteiger partial charge >= 0.3 is 0 Å². The summed E-state index contributed by atoms with van der Waals surface area (Å²) in [7, 11) is 0. The van der Waals surface area contributed by atoms with Crippen LogP contribution in [-0.4, -0.2) is 36.6 Å². The first-order valence-electron chi connectivity index (χ1n) is 9.32. The lowest BCUT2D eigenvalue weighted by Gasteiger charge is -2.44. The highest BCUT2D eigenvalue weighted by Gasteiger charge is 2.35. The quantitative estimate of drug-likeness (QED) is 0.821. The molecule has 0 spiro atoms. The third-order valence-corrected chi connectivity index (χ3v) is 5.29. The number of likely N-dealkylation sites (tertiary alicyclic amines) is 1. The molecule has 1 amide bonds. The number of hydrogen-bond acceptors (Lipinski definition) is 4. The second-order valence-electron chi connectivity index (χ2n) is 6.84. The number of amides is 1. The molecule has 1 saturated heterocycles. The second kappa shape index (κ2) is 8.24. The summed E-state index contributed by atoms with van der Waals surface area (Å²) in [4.78, 5) is 14.8. The molecule has 0 bridgehead atoms. The molecule has 1 saturated carbocycles. The van der Waals surface area contributed by atoms with Crippen molar-refractivity contribution in [2.24, 2.45) is 5.92 Å². The molecule has 0 N–H and O–H groups in total. The van der Waals surface area contributed by atoms with Gasteiger partial charge in [0.15, 0.2) is 18.1 Å². The topological polar surface area (TPSA) is 62.6 Å².